The Labute approximate surface area is 110 Å². The molecule has 1 atom stereocenters. The molecule has 1 saturated heterocycles. The third-order valence-electron chi connectivity index (χ3n) is 2.93. The van der Waals surface area contributed by atoms with Crippen molar-refractivity contribution in [3.63, 3.8) is 0 Å². The van der Waals surface area contributed by atoms with E-state index < -0.39 is 0 Å². The van der Waals surface area contributed by atoms with E-state index in [1.54, 1.807) is 18.0 Å². The van der Waals surface area contributed by atoms with E-state index in [0.717, 1.165) is 42.9 Å². The van der Waals surface area contributed by atoms with Gasteiger partial charge in [-0.15, -0.1) is 10.2 Å². The second kappa shape index (κ2) is 5.16. The summed E-state index contributed by atoms with van der Waals surface area (Å²) in [4.78, 5) is 0. The maximum Gasteiger partial charge on any atom is 0.200 e. The zero-order valence-corrected chi connectivity index (χ0v) is 11.0. The number of furan rings is 1. The SMILES string of the molecule is CCn1c(SC2CCOC2)nnc1-c1ccco1. The lowest BCUT2D eigenvalue weighted by atomic mass is 10.4. The molecule has 6 heteroatoms. The molecule has 1 aliphatic rings. The summed E-state index contributed by atoms with van der Waals surface area (Å²) in [6.07, 6.45) is 2.74. The molecule has 3 rings (SSSR count). The summed E-state index contributed by atoms with van der Waals surface area (Å²) in [5.74, 6) is 1.56. The smallest absolute Gasteiger partial charge is 0.200 e. The molecule has 0 amide bonds. The van der Waals surface area contributed by atoms with Gasteiger partial charge < -0.3 is 9.15 Å². The Hall–Kier alpha value is -1.27. The average Bonchev–Trinajstić information content (AvgIpc) is 3.10. The minimum atomic E-state index is 0.490. The van der Waals surface area contributed by atoms with Gasteiger partial charge in [0.05, 0.1) is 12.9 Å². The van der Waals surface area contributed by atoms with Crippen molar-refractivity contribution in [3.8, 4) is 11.6 Å². The van der Waals surface area contributed by atoms with Crippen LogP contribution in [0.4, 0.5) is 0 Å². The number of nitrogens with zero attached hydrogens (tertiary/aromatic N) is 3. The second-order valence-corrected chi connectivity index (χ2v) is 5.40. The molecule has 0 aliphatic carbocycles. The van der Waals surface area contributed by atoms with Gasteiger partial charge in [-0.2, -0.15) is 0 Å². The van der Waals surface area contributed by atoms with Gasteiger partial charge in [0.1, 0.15) is 0 Å². The van der Waals surface area contributed by atoms with Crippen LogP contribution in [0.25, 0.3) is 11.6 Å². The van der Waals surface area contributed by atoms with Crippen LogP contribution in [0.2, 0.25) is 0 Å². The van der Waals surface area contributed by atoms with E-state index in [1.807, 2.05) is 12.1 Å². The Kier molecular flexibility index (Phi) is 3.38. The standard InChI is InChI=1S/C12H15N3O2S/c1-2-15-11(10-4-3-6-17-10)13-14-12(15)18-9-5-7-16-8-9/h3-4,6,9H,2,5,7-8H2,1H3. The molecule has 96 valence electrons. The van der Waals surface area contributed by atoms with E-state index in [-0.39, 0.29) is 0 Å². The lowest BCUT2D eigenvalue weighted by Gasteiger charge is -2.08. The first-order chi connectivity index (χ1) is 8.88. The van der Waals surface area contributed by atoms with Crippen molar-refractivity contribution in [1.29, 1.82) is 0 Å². The molecular weight excluding hydrogens is 250 g/mol. The number of hydrogen-bond donors (Lipinski definition) is 0. The van der Waals surface area contributed by atoms with Gasteiger partial charge in [0.25, 0.3) is 0 Å². The normalized spacial score (nSPS) is 19.5. The van der Waals surface area contributed by atoms with Gasteiger partial charge in [0.2, 0.25) is 0 Å². The summed E-state index contributed by atoms with van der Waals surface area (Å²) in [6.45, 7) is 4.57. The zero-order valence-electron chi connectivity index (χ0n) is 10.2. The zero-order chi connectivity index (χ0) is 12.4. The third kappa shape index (κ3) is 2.18. The summed E-state index contributed by atoms with van der Waals surface area (Å²) in [7, 11) is 0. The summed E-state index contributed by atoms with van der Waals surface area (Å²) < 4.78 is 12.9. The van der Waals surface area contributed by atoms with Gasteiger partial charge in [-0.25, -0.2) is 0 Å². The van der Waals surface area contributed by atoms with E-state index >= 15 is 0 Å². The maximum absolute atomic E-state index is 5.39. The van der Waals surface area contributed by atoms with Crippen molar-refractivity contribution in [3.05, 3.63) is 18.4 Å². The molecule has 0 spiro atoms. The molecule has 0 saturated carbocycles. The molecule has 3 heterocycles. The molecule has 1 fully saturated rings. The second-order valence-electron chi connectivity index (χ2n) is 4.13. The molecule has 1 aliphatic heterocycles. The molecule has 0 N–H and O–H groups in total. The minimum Gasteiger partial charge on any atom is -0.461 e. The van der Waals surface area contributed by atoms with Crippen molar-refractivity contribution in [2.75, 3.05) is 13.2 Å². The van der Waals surface area contributed by atoms with Crippen LogP contribution in [0.1, 0.15) is 13.3 Å². The Morgan fingerprint density at radius 3 is 3.11 bits per heavy atom. The average molecular weight is 265 g/mol. The van der Waals surface area contributed by atoms with E-state index in [1.165, 1.54) is 0 Å². The lowest BCUT2D eigenvalue weighted by Crippen LogP contribution is -2.05. The number of aromatic nitrogens is 3. The topological polar surface area (TPSA) is 53.1 Å². The van der Waals surface area contributed by atoms with Crippen molar-refractivity contribution in [2.24, 2.45) is 0 Å². The van der Waals surface area contributed by atoms with Gasteiger partial charge in [-0.05, 0) is 25.5 Å². The number of ether oxygens (including phenoxy) is 1. The molecule has 2 aromatic heterocycles. The van der Waals surface area contributed by atoms with Crippen LogP contribution in [-0.2, 0) is 11.3 Å². The van der Waals surface area contributed by atoms with E-state index in [0.29, 0.717) is 5.25 Å². The van der Waals surface area contributed by atoms with Crippen LogP contribution in [0.3, 0.4) is 0 Å². The first kappa shape index (κ1) is 11.8. The molecule has 0 bridgehead atoms. The van der Waals surface area contributed by atoms with Crippen LogP contribution in [0.15, 0.2) is 28.0 Å². The number of thioether (sulfide) groups is 1. The molecule has 5 nitrogen and oxygen atoms in total. The van der Waals surface area contributed by atoms with Crippen LogP contribution >= 0.6 is 11.8 Å². The Morgan fingerprint density at radius 1 is 1.50 bits per heavy atom. The molecular formula is C12H15N3O2S. The van der Waals surface area contributed by atoms with Crippen LogP contribution in [0, 0.1) is 0 Å². The monoisotopic (exact) mass is 265 g/mol. The van der Waals surface area contributed by atoms with Crippen molar-refractivity contribution < 1.29 is 9.15 Å². The number of rotatable bonds is 4. The molecule has 1 unspecified atom stereocenters. The highest BCUT2D eigenvalue weighted by Crippen LogP contribution is 2.30. The highest BCUT2D eigenvalue weighted by atomic mass is 32.2. The highest BCUT2D eigenvalue weighted by molar-refractivity contribution is 7.99. The molecule has 0 radical (unpaired) electrons. The van der Waals surface area contributed by atoms with Crippen molar-refractivity contribution >= 4 is 11.8 Å². The first-order valence-corrected chi connectivity index (χ1v) is 6.98. The molecule has 18 heavy (non-hydrogen) atoms. The fourth-order valence-corrected chi connectivity index (χ4v) is 3.11. The Morgan fingerprint density at radius 2 is 2.44 bits per heavy atom. The van der Waals surface area contributed by atoms with E-state index in [2.05, 4.69) is 21.7 Å². The maximum atomic E-state index is 5.39. The summed E-state index contributed by atoms with van der Waals surface area (Å²) >= 11 is 1.74. The predicted molar refractivity (Wildman–Crippen MR) is 68.5 cm³/mol. The van der Waals surface area contributed by atoms with Crippen molar-refractivity contribution in [2.45, 2.75) is 30.3 Å². The van der Waals surface area contributed by atoms with E-state index in [4.69, 9.17) is 9.15 Å². The Bertz CT molecular complexity index is 503. The fraction of sp³-hybridized carbons (Fsp3) is 0.500. The summed E-state index contributed by atoms with van der Waals surface area (Å²) in [5.41, 5.74) is 0. The predicted octanol–water partition coefficient (Wildman–Crippen LogP) is 2.44. The van der Waals surface area contributed by atoms with Crippen LogP contribution in [-0.4, -0.2) is 33.2 Å². The molecule has 2 aromatic rings. The Balaban J connectivity index is 1.86. The highest BCUT2D eigenvalue weighted by Gasteiger charge is 2.22. The first-order valence-electron chi connectivity index (χ1n) is 6.10. The summed E-state index contributed by atoms with van der Waals surface area (Å²) in [5, 5.41) is 9.93. The fourth-order valence-electron chi connectivity index (χ4n) is 2.00. The van der Waals surface area contributed by atoms with Crippen molar-refractivity contribution in [1.82, 2.24) is 14.8 Å². The lowest BCUT2D eigenvalue weighted by molar-refractivity contribution is 0.199. The van der Waals surface area contributed by atoms with Crippen LogP contribution in [0.5, 0.6) is 0 Å². The molecule has 0 aromatic carbocycles. The number of hydrogen-bond acceptors (Lipinski definition) is 5. The van der Waals surface area contributed by atoms with Gasteiger partial charge in [-0.3, -0.25) is 4.57 Å². The third-order valence-corrected chi connectivity index (χ3v) is 4.15. The van der Waals surface area contributed by atoms with Gasteiger partial charge >= 0.3 is 0 Å². The van der Waals surface area contributed by atoms with Gasteiger partial charge in [-0.1, -0.05) is 11.8 Å². The minimum absolute atomic E-state index is 0.490. The largest absolute Gasteiger partial charge is 0.461 e. The van der Waals surface area contributed by atoms with Gasteiger partial charge in [0.15, 0.2) is 16.7 Å². The van der Waals surface area contributed by atoms with Gasteiger partial charge in [0, 0.05) is 18.4 Å². The quantitative estimate of drug-likeness (QED) is 0.850. The van der Waals surface area contributed by atoms with Crippen LogP contribution < -0.4 is 0 Å². The summed E-state index contributed by atoms with van der Waals surface area (Å²) in [6, 6.07) is 3.77. The van der Waals surface area contributed by atoms with E-state index in [9.17, 15) is 0 Å².